The van der Waals surface area contributed by atoms with Crippen molar-refractivity contribution in [3.05, 3.63) is 89.0 Å². The summed E-state index contributed by atoms with van der Waals surface area (Å²) in [5.74, 6) is -0.0666. The van der Waals surface area contributed by atoms with Gasteiger partial charge in [-0.15, -0.1) is 0 Å². The summed E-state index contributed by atoms with van der Waals surface area (Å²) in [7, 11) is 0. The molecule has 1 aliphatic heterocycles. The Morgan fingerprint density at radius 1 is 0.971 bits per heavy atom. The topological polar surface area (TPSA) is 66.1 Å². The third-order valence-electron chi connectivity index (χ3n) is 6.59. The van der Waals surface area contributed by atoms with Gasteiger partial charge in [-0.25, -0.2) is 0 Å². The first-order valence-electron chi connectivity index (χ1n) is 11.6. The highest BCUT2D eigenvalue weighted by Gasteiger charge is 2.25. The second kappa shape index (κ2) is 9.39. The number of halogens is 1. The summed E-state index contributed by atoms with van der Waals surface area (Å²) in [6.07, 6.45) is 1.84. The standard InChI is InChI=1S/C27H28ClN5O/c1-19(34)30-23-10-4-5-11-24(23)31-16-14-21(15-17-31)33-26-13-7-6-12-25(26)32(27(33)29)18-20-8-2-3-9-22(20)28/h2-13,21,29H,14-18H2,1H3,(H,30,34). The van der Waals surface area contributed by atoms with Crippen LogP contribution >= 0.6 is 11.6 Å². The Morgan fingerprint density at radius 3 is 2.35 bits per heavy atom. The number of amides is 1. The fraction of sp³-hybridized carbons (Fsp3) is 0.259. The number of hydrogen-bond donors (Lipinski definition) is 2. The van der Waals surface area contributed by atoms with Gasteiger partial charge in [0.1, 0.15) is 0 Å². The largest absolute Gasteiger partial charge is 0.370 e. The molecule has 6 nitrogen and oxygen atoms in total. The maximum atomic E-state index is 11.6. The summed E-state index contributed by atoms with van der Waals surface area (Å²) in [4.78, 5) is 14.0. The third kappa shape index (κ3) is 4.21. The van der Waals surface area contributed by atoms with Crippen molar-refractivity contribution in [1.82, 2.24) is 9.13 Å². The maximum absolute atomic E-state index is 11.6. The lowest BCUT2D eigenvalue weighted by Crippen LogP contribution is -2.38. The van der Waals surface area contributed by atoms with Crippen LogP contribution in [0.2, 0.25) is 5.02 Å². The molecule has 0 spiro atoms. The minimum Gasteiger partial charge on any atom is -0.370 e. The number of aromatic nitrogens is 2. The van der Waals surface area contributed by atoms with E-state index in [1.165, 1.54) is 6.92 Å². The number of imidazole rings is 1. The molecule has 3 aromatic carbocycles. The quantitative estimate of drug-likeness (QED) is 0.406. The highest BCUT2D eigenvalue weighted by atomic mass is 35.5. The SMILES string of the molecule is CC(=O)Nc1ccccc1N1CCC(n2c(=N)n(Cc3ccccc3Cl)c3ccccc32)CC1. The Hall–Kier alpha value is -3.51. The van der Waals surface area contributed by atoms with Crippen molar-refractivity contribution >= 4 is 39.9 Å². The van der Waals surface area contributed by atoms with E-state index in [0.29, 0.717) is 12.2 Å². The van der Waals surface area contributed by atoms with E-state index >= 15 is 0 Å². The zero-order valence-corrected chi connectivity index (χ0v) is 19.9. The molecular weight excluding hydrogens is 446 g/mol. The molecule has 0 unspecified atom stereocenters. The molecule has 1 saturated heterocycles. The average Bonchev–Trinajstić information content (AvgIpc) is 3.12. The minimum absolute atomic E-state index is 0.0666. The predicted octanol–water partition coefficient (Wildman–Crippen LogP) is 5.42. The van der Waals surface area contributed by atoms with E-state index < -0.39 is 0 Å². The van der Waals surface area contributed by atoms with Crippen LogP contribution in [0.1, 0.15) is 31.4 Å². The lowest BCUT2D eigenvalue weighted by atomic mass is 10.0. The molecule has 34 heavy (non-hydrogen) atoms. The number of benzene rings is 3. The summed E-state index contributed by atoms with van der Waals surface area (Å²) in [6, 6.07) is 24.3. The van der Waals surface area contributed by atoms with E-state index in [2.05, 4.69) is 37.5 Å². The first kappa shape index (κ1) is 22.3. The second-order valence-corrected chi connectivity index (χ2v) is 9.18. The van der Waals surface area contributed by atoms with E-state index in [9.17, 15) is 4.79 Å². The Labute approximate surface area is 203 Å². The van der Waals surface area contributed by atoms with Crippen molar-refractivity contribution in [2.24, 2.45) is 0 Å². The highest BCUT2D eigenvalue weighted by molar-refractivity contribution is 6.31. The van der Waals surface area contributed by atoms with Crippen LogP contribution in [-0.2, 0) is 11.3 Å². The molecule has 174 valence electrons. The number of anilines is 2. The normalized spacial score (nSPS) is 14.5. The van der Waals surface area contributed by atoms with Crippen LogP contribution in [0.25, 0.3) is 11.0 Å². The molecule has 0 saturated carbocycles. The lowest BCUT2D eigenvalue weighted by Gasteiger charge is -2.35. The Bertz CT molecular complexity index is 1400. The number of fused-ring (bicyclic) bond motifs is 1. The molecule has 1 amide bonds. The summed E-state index contributed by atoms with van der Waals surface area (Å²) >= 11 is 6.44. The number of para-hydroxylation sites is 4. The van der Waals surface area contributed by atoms with Gasteiger partial charge in [0, 0.05) is 31.1 Å². The van der Waals surface area contributed by atoms with Gasteiger partial charge >= 0.3 is 0 Å². The van der Waals surface area contributed by atoms with Gasteiger partial charge in [0.25, 0.3) is 0 Å². The Balaban J connectivity index is 1.44. The van der Waals surface area contributed by atoms with Gasteiger partial charge in [0.05, 0.1) is 29.0 Å². The van der Waals surface area contributed by atoms with Crippen molar-refractivity contribution in [2.45, 2.75) is 32.4 Å². The van der Waals surface area contributed by atoms with Crippen molar-refractivity contribution in [3.8, 4) is 0 Å². The smallest absolute Gasteiger partial charge is 0.221 e. The summed E-state index contributed by atoms with van der Waals surface area (Å²) in [5, 5.41) is 12.7. The first-order chi connectivity index (χ1) is 16.5. The van der Waals surface area contributed by atoms with Gasteiger partial charge in [-0.2, -0.15) is 0 Å². The van der Waals surface area contributed by atoms with Crippen LogP contribution in [0.3, 0.4) is 0 Å². The van der Waals surface area contributed by atoms with Crippen molar-refractivity contribution in [2.75, 3.05) is 23.3 Å². The summed E-state index contributed by atoms with van der Waals surface area (Å²) in [6.45, 7) is 3.82. The fourth-order valence-electron chi connectivity index (χ4n) is 4.99. The molecule has 1 fully saturated rings. The van der Waals surface area contributed by atoms with Gasteiger partial charge in [-0.3, -0.25) is 10.2 Å². The molecule has 4 aromatic rings. The van der Waals surface area contributed by atoms with Crippen LogP contribution < -0.4 is 15.8 Å². The molecule has 0 radical (unpaired) electrons. The Morgan fingerprint density at radius 2 is 1.62 bits per heavy atom. The van der Waals surface area contributed by atoms with Gasteiger partial charge in [0.15, 0.2) is 0 Å². The number of carbonyl (C=O) groups excluding carboxylic acids is 1. The van der Waals surface area contributed by atoms with E-state index in [0.717, 1.165) is 58.9 Å². The van der Waals surface area contributed by atoms with Crippen LogP contribution in [-0.4, -0.2) is 28.1 Å². The zero-order valence-electron chi connectivity index (χ0n) is 19.2. The Kier molecular flexibility index (Phi) is 6.16. The average molecular weight is 474 g/mol. The molecule has 2 heterocycles. The predicted molar refractivity (Wildman–Crippen MR) is 138 cm³/mol. The summed E-state index contributed by atoms with van der Waals surface area (Å²) in [5.41, 5.74) is 5.53. The number of nitrogens with one attached hydrogen (secondary N) is 2. The number of carbonyl (C=O) groups is 1. The molecule has 5 rings (SSSR count). The molecule has 7 heteroatoms. The van der Waals surface area contributed by atoms with E-state index in [1.54, 1.807) is 0 Å². The van der Waals surface area contributed by atoms with Crippen molar-refractivity contribution in [1.29, 1.82) is 5.41 Å². The molecule has 1 aromatic heterocycles. The van der Waals surface area contributed by atoms with Gasteiger partial charge in [0.2, 0.25) is 11.5 Å². The molecule has 0 aliphatic carbocycles. The third-order valence-corrected chi connectivity index (χ3v) is 6.96. The number of piperidine rings is 1. The zero-order chi connectivity index (χ0) is 23.7. The van der Waals surface area contributed by atoms with Crippen LogP contribution in [0.4, 0.5) is 11.4 Å². The lowest BCUT2D eigenvalue weighted by molar-refractivity contribution is -0.114. The fourth-order valence-corrected chi connectivity index (χ4v) is 5.19. The highest BCUT2D eigenvalue weighted by Crippen LogP contribution is 2.32. The van der Waals surface area contributed by atoms with E-state index in [1.807, 2.05) is 54.6 Å². The van der Waals surface area contributed by atoms with Crippen molar-refractivity contribution < 1.29 is 4.79 Å². The van der Waals surface area contributed by atoms with Crippen LogP contribution in [0.5, 0.6) is 0 Å². The molecular formula is C27H28ClN5O. The second-order valence-electron chi connectivity index (χ2n) is 8.78. The maximum Gasteiger partial charge on any atom is 0.221 e. The molecule has 0 atom stereocenters. The van der Waals surface area contributed by atoms with Gasteiger partial charge in [-0.1, -0.05) is 54.1 Å². The minimum atomic E-state index is -0.0666. The monoisotopic (exact) mass is 473 g/mol. The first-order valence-corrected chi connectivity index (χ1v) is 12.0. The molecule has 1 aliphatic rings. The number of hydrogen-bond acceptors (Lipinski definition) is 3. The number of rotatable bonds is 5. The van der Waals surface area contributed by atoms with E-state index in [-0.39, 0.29) is 11.9 Å². The molecule has 2 N–H and O–H groups in total. The van der Waals surface area contributed by atoms with Gasteiger partial charge in [-0.05, 0) is 48.7 Å². The molecule has 0 bridgehead atoms. The van der Waals surface area contributed by atoms with Crippen LogP contribution in [0.15, 0.2) is 72.8 Å². The number of nitrogens with zero attached hydrogens (tertiary/aromatic N) is 3. The van der Waals surface area contributed by atoms with Crippen LogP contribution in [0, 0.1) is 5.41 Å². The van der Waals surface area contributed by atoms with Crippen molar-refractivity contribution in [3.63, 3.8) is 0 Å². The van der Waals surface area contributed by atoms with Gasteiger partial charge < -0.3 is 19.4 Å². The summed E-state index contributed by atoms with van der Waals surface area (Å²) < 4.78 is 4.23. The van der Waals surface area contributed by atoms with E-state index in [4.69, 9.17) is 17.0 Å².